The molecule has 1 atom stereocenters. The fourth-order valence-corrected chi connectivity index (χ4v) is 3.93. The van der Waals surface area contributed by atoms with Crippen LogP contribution >= 0.6 is 0 Å². The molecule has 2 N–H and O–H groups in total. The van der Waals surface area contributed by atoms with Gasteiger partial charge in [-0.25, -0.2) is 0 Å². The van der Waals surface area contributed by atoms with Crippen LogP contribution in [0, 0.1) is 0 Å². The van der Waals surface area contributed by atoms with Gasteiger partial charge in [-0.1, -0.05) is 36.8 Å². The van der Waals surface area contributed by atoms with Gasteiger partial charge >= 0.3 is 0 Å². The maximum absolute atomic E-state index is 13.1. The molecule has 0 bridgehead atoms. The van der Waals surface area contributed by atoms with Crippen LogP contribution in [-0.2, 0) is 20.7 Å². The zero-order valence-corrected chi connectivity index (χ0v) is 16.0. The van der Waals surface area contributed by atoms with Crippen LogP contribution in [-0.4, -0.2) is 61.6 Å². The molecule has 0 radical (unpaired) electrons. The highest BCUT2D eigenvalue weighted by Crippen LogP contribution is 2.24. The van der Waals surface area contributed by atoms with Crippen LogP contribution < -0.4 is 10.6 Å². The van der Waals surface area contributed by atoms with Gasteiger partial charge in [0.25, 0.3) is 0 Å². The number of carbonyl (C=O) groups excluding carboxylic acids is 2. The second-order valence-corrected chi connectivity index (χ2v) is 7.56. The summed E-state index contributed by atoms with van der Waals surface area (Å²) < 4.78 is 5.36. The lowest BCUT2D eigenvalue weighted by molar-refractivity contribution is -0.133. The minimum atomic E-state index is -0.839. The first-order valence-corrected chi connectivity index (χ1v) is 10.1. The molecule has 1 aromatic rings. The number of morpholine rings is 1. The number of nitrogens with zero attached hydrogens (tertiary/aromatic N) is 1. The third-order valence-corrected chi connectivity index (χ3v) is 5.46. The van der Waals surface area contributed by atoms with E-state index in [1.54, 1.807) is 0 Å². The van der Waals surface area contributed by atoms with Crippen LogP contribution in [0.15, 0.2) is 30.3 Å². The molecule has 6 nitrogen and oxygen atoms in total. The Kier molecular flexibility index (Phi) is 7.24. The maximum Gasteiger partial charge on any atom is 0.246 e. The minimum Gasteiger partial charge on any atom is -0.379 e. The van der Waals surface area contributed by atoms with Crippen molar-refractivity contribution in [3.63, 3.8) is 0 Å². The fraction of sp³-hybridized carbons (Fsp3) is 0.619. The Labute approximate surface area is 161 Å². The number of hydrogen-bond acceptors (Lipinski definition) is 4. The highest BCUT2D eigenvalue weighted by atomic mass is 16.5. The first-order valence-electron chi connectivity index (χ1n) is 10.1. The Morgan fingerprint density at radius 3 is 2.74 bits per heavy atom. The van der Waals surface area contributed by atoms with Crippen LogP contribution in [0.3, 0.4) is 0 Å². The number of nitrogens with one attached hydrogen (secondary N) is 2. The van der Waals surface area contributed by atoms with E-state index in [2.05, 4.69) is 15.5 Å². The van der Waals surface area contributed by atoms with Crippen LogP contribution in [0.25, 0.3) is 0 Å². The zero-order valence-electron chi connectivity index (χ0n) is 16.0. The number of amides is 2. The van der Waals surface area contributed by atoms with Gasteiger partial charge in [0.15, 0.2) is 0 Å². The van der Waals surface area contributed by atoms with E-state index in [9.17, 15) is 9.59 Å². The Balaban J connectivity index is 1.59. The van der Waals surface area contributed by atoms with Crippen molar-refractivity contribution in [2.45, 2.75) is 44.1 Å². The maximum atomic E-state index is 13.1. The molecule has 0 aliphatic carbocycles. The van der Waals surface area contributed by atoms with E-state index >= 15 is 0 Å². The lowest BCUT2D eigenvalue weighted by Gasteiger charge is -2.33. The van der Waals surface area contributed by atoms with Gasteiger partial charge in [0.05, 0.1) is 13.2 Å². The predicted molar refractivity (Wildman–Crippen MR) is 104 cm³/mol. The highest BCUT2D eigenvalue weighted by molar-refractivity contribution is 5.92. The van der Waals surface area contributed by atoms with Gasteiger partial charge in [-0.05, 0) is 31.4 Å². The van der Waals surface area contributed by atoms with Crippen molar-refractivity contribution >= 4 is 11.8 Å². The first-order chi connectivity index (χ1) is 13.2. The Bertz CT molecular complexity index is 616. The fourth-order valence-electron chi connectivity index (χ4n) is 3.93. The summed E-state index contributed by atoms with van der Waals surface area (Å²) in [7, 11) is 0. The summed E-state index contributed by atoms with van der Waals surface area (Å²) in [5, 5.41) is 6.14. The predicted octanol–water partition coefficient (Wildman–Crippen LogP) is 1.50. The van der Waals surface area contributed by atoms with E-state index in [-0.39, 0.29) is 11.8 Å². The minimum absolute atomic E-state index is 0.0214. The molecule has 3 rings (SSSR count). The Morgan fingerprint density at radius 1 is 1.19 bits per heavy atom. The largest absolute Gasteiger partial charge is 0.379 e. The van der Waals surface area contributed by atoms with Crippen LogP contribution in [0.1, 0.15) is 37.7 Å². The molecule has 2 amide bonds. The lowest BCUT2D eigenvalue weighted by Crippen LogP contribution is -2.59. The van der Waals surface area contributed by atoms with Gasteiger partial charge in [0.1, 0.15) is 5.54 Å². The molecular formula is C21H31N3O3. The van der Waals surface area contributed by atoms with Crippen molar-refractivity contribution in [1.82, 2.24) is 15.5 Å². The Hall–Kier alpha value is -1.92. The second-order valence-electron chi connectivity index (χ2n) is 7.56. The number of rotatable bonds is 7. The molecule has 2 aliphatic heterocycles. The van der Waals surface area contributed by atoms with Gasteiger partial charge in [-0.3, -0.25) is 14.5 Å². The van der Waals surface area contributed by atoms with Gasteiger partial charge < -0.3 is 15.4 Å². The summed E-state index contributed by atoms with van der Waals surface area (Å²) in [6.07, 6.45) is 4.35. The quantitative estimate of drug-likeness (QED) is 0.711. The van der Waals surface area contributed by atoms with Crippen LogP contribution in [0.4, 0.5) is 0 Å². The van der Waals surface area contributed by atoms with Crippen molar-refractivity contribution in [1.29, 1.82) is 0 Å². The molecule has 148 valence electrons. The van der Waals surface area contributed by atoms with Crippen LogP contribution in [0.2, 0.25) is 0 Å². The average molecular weight is 373 g/mol. The topological polar surface area (TPSA) is 70.7 Å². The third-order valence-electron chi connectivity index (χ3n) is 5.46. The van der Waals surface area contributed by atoms with E-state index in [1.807, 2.05) is 30.3 Å². The number of hydrogen-bond donors (Lipinski definition) is 2. The number of carbonyl (C=O) groups is 2. The standard InChI is InChI=1S/C21H31N3O3/c25-19-9-4-5-10-21(23-19,17-18-7-2-1-3-8-18)20(26)22-11-6-12-24-13-15-27-16-14-24/h1-3,7-8H,4-6,9-17H2,(H,22,26)(H,23,25)/t21-/m1/s1. The third kappa shape index (κ3) is 5.78. The van der Waals surface area contributed by atoms with E-state index < -0.39 is 5.54 Å². The normalized spacial score (nSPS) is 24.1. The summed E-state index contributed by atoms with van der Waals surface area (Å²) in [6, 6.07) is 9.95. The summed E-state index contributed by atoms with van der Waals surface area (Å²) in [5.41, 5.74) is 0.233. The van der Waals surface area contributed by atoms with Crippen molar-refractivity contribution in [2.75, 3.05) is 39.4 Å². The molecule has 0 spiro atoms. The van der Waals surface area contributed by atoms with E-state index in [4.69, 9.17) is 4.74 Å². The molecule has 6 heteroatoms. The molecule has 2 saturated heterocycles. The monoisotopic (exact) mass is 373 g/mol. The highest BCUT2D eigenvalue weighted by Gasteiger charge is 2.40. The van der Waals surface area contributed by atoms with Crippen molar-refractivity contribution in [3.8, 4) is 0 Å². The molecule has 2 heterocycles. The Morgan fingerprint density at radius 2 is 1.96 bits per heavy atom. The molecule has 0 unspecified atom stereocenters. The molecular weight excluding hydrogens is 342 g/mol. The van der Waals surface area contributed by atoms with E-state index in [0.29, 0.717) is 25.8 Å². The molecule has 2 fully saturated rings. The molecule has 27 heavy (non-hydrogen) atoms. The summed E-state index contributed by atoms with van der Waals surface area (Å²) >= 11 is 0. The smallest absolute Gasteiger partial charge is 0.246 e. The molecule has 0 aromatic heterocycles. The summed E-state index contributed by atoms with van der Waals surface area (Å²) in [6.45, 7) is 5.09. The molecule has 1 aromatic carbocycles. The van der Waals surface area contributed by atoms with Crippen molar-refractivity contribution in [3.05, 3.63) is 35.9 Å². The number of benzene rings is 1. The molecule has 0 saturated carbocycles. The lowest BCUT2D eigenvalue weighted by atomic mass is 9.85. The second kappa shape index (κ2) is 9.85. The SMILES string of the molecule is O=C1CCCC[C@@](Cc2ccccc2)(C(=O)NCCCN2CCOCC2)N1. The van der Waals surface area contributed by atoms with E-state index in [0.717, 1.165) is 57.7 Å². The first kappa shape index (κ1) is 19.8. The van der Waals surface area contributed by atoms with Gasteiger partial charge in [0.2, 0.25) is 11.8 Å². The molecule has 2 aliphatic rings. The summed E-state index contributed by atoms with van der Waals surface area (Å²) in [4.78, 5) is 27.7. The van der Waals surface area contributed by atoms with E-state index in [1.165, 1.54) is 0 Å². The summed E-state index contributed by atoms with van der Waals surface area (Å²) in [5.74, 6) is -0.0736. The van der Waals surface area contributed by atoms with Crippen LogP contribution in [0.5, 0.6) is 0 Å². The van der Waals surface area contributed by atoms with Gasteiger partial charge in [-0.2, -0.15) is 0 Å². The van der Waals surface area contributed by atoms with Gasteiger partial charge in [0, 0.05) is 32.5 Å². The van der Waals surface area contributed by atoms with Crippen molar-refractivity contribution in [2.24, 2.45) is 0 Å². The average Bonchev–Trinajstić information content (AvgIpc) is 2.88. The zero-order chi connectivity index (χ0) is 19.0. The number of ether oxygens (including phenoxy) is 1. The van der Waals surface area contributed by atoms with Crippen molar-refractivity contribution < 1.29 is 14.3 Å². The van der Waals surface area contributed by atoms with Gasteiger partial charge in [-0.15, -0.1) is 0 Å².